The van der Waals surface area contributed by atoms with Crippen molar-refractivity contribution < 1.29 is 17.9 Å². The second-order valence-electron chi connectivity index (χ2n) is 4.88. The Labute approximate surface area is 149 Å². The Morgan fingerprint density at radius 1 is 1.17 bits per heavy atom. The molecule has 0 aliphatic heterocycles. The first-order chi connectivity index (χ1) is 11.2. The average molecular weight is 389 g/mol. The van der Waals surface area contributed by atoms with Gasteiger partial charge in [-0.1, -0.05) is 29.3 Å². The molecule has 0 radical (unpaired) electrons. The van der Waals surface area contributed by atoms with Gasteiger partial charge in [0.15, 0.2) is 0 Å². The van der Waals surface area contributed by atoms with Crippen molar-refractivity contribution in [3.63, 3.8) is 0 Å². The summed E-state index contributed by atoms with van der Waals surface area (Å²) in [5.41, 5.74) is 0.859. The van der Waals surface area contributed by atoms with E-state index in [0.29, 0.717) is 21.4 Å². The monoisotopic (exact) mass is 388 g/mol. The second-order valence-corrected chi connectivity index (χ2v) is 7.26. The lowest BCUT2D eigenvalue weighted by atomic mass is 10.1. The number of carbonyl (C=O) groups is 1. The highest BCUT2D eigenvalue weighted by molar-refractivity contribution is 7.89. The molecular formula is C15H14Cl2N2O4S. The summed E-state index contributed by atoms with van der Waals surface area (Å²) in [6, 6.07) is 8.79. The summed E-state index contributed by atoms with van der Waals surface area (Å²) in [6.07, 6.45) is 0.0274. The van der Waals surface area contributed by atoms with E-state index >= 15 is 0 Å². The fourth-order valence-electron chi connectivity index (χ4n) is 1.99. The highest BCUT2D eigenvalue weighted by Gasteiger charge is 2.14. The van der Waals surface area contributed by atoms with Crippen molar-refractivity contribution in [3.05, 3.63) is 52.0 Å². The number of rotatable bonds is 5. The van der Waals surface area contributed by atoms with E-state index in [1.54, 1.807) is 18.2 Å². The van der Waals surface area contributed by atoms with Crippen LogP contribution in [0.2, 0.25) is 10.0 Å². The minimum Gasteiger partial charge on any atom is -0.495 e. The van der Waals surface area contributed by atoms with Gasteiger partial charge in [-0.15, -0.1) is 0 Å². The molecule has 128 valence electrons. The standard InChI is InChI=1S/C15H14Cl2N2O4S/c1-23-14-5-3-10(24(18,21)22)8-13(14)19-15(20)7-9-2-4-11(16)12(17)6-9/h2-6,8H,7H2,1H3,(H,19,20)(H2,18,21,22). The van der Waals surface area contributed by atoms with Gasteiger partial charge in [-0.3, -0.25) is 4.79 Å². The third-order valence-electron chi connectivity index (χ3n) is 3.12. The van der Waals surface area contributed by atoms with Crippen LogP contribution < -0.4 is 15.2 Å². The van der Waals surface area contributed by atoms with Gasteiger partial charge in [-0.25, -0.2) is 13.6 Å². The number of hydrogen-bond acceptors (Lipinski definition) is 4. The summed E-state index contributed by atoms with van der Waals surface area (Å²) in [7, 11) is -2.49. The molecule has 9 heteroatoms. The molecule has 0 spiro atoms. The first-order valence-corrected chi connectivity index (χ1v) is 8.95. The molecule has 0 saturated heterocycles. The van der Waals surface area contributed by atoms with Crippen molar-refractivity contribution in [2.75, 3.05) is 12.4 Å². The van der Waals surface area contributed by atoms with Crippen LogP contribution in [0.4, 0.5) is 5.69 Å². The van der Waals surface area contributed by atoms with E-state index in [-0.39, 0.29) is 22.9 Å². The molecule has 1 amide bonds. The van der Waals surface area contributed by atoms with Crippen LogP contribution in [-0.4, -0.2) is 21.4 Å². The zero-order chi connectivity index (χ0) is 17.9. The van der Waals surface area contributed by atoms with Crippen molar-refractivity contribution in [2.24, 2.45) is 5.14 Å². The normalized spacial score (nSPS) is 11.2. The molecule has 0 saturated carbocycles. The van der Waals surface area contributed by atoms with E-state index in [1.165, 1.54) is 25.3 Å². The van der Waals surface area contributed by atoms with E-state index < -0.39 is 10.0 Å². The lowest BCUT2D eigenvalue weighted by Crippen LogP contribution is -2.17. The summed E-state index contributed by atoms with van der Waals surface area (Å²) >= 11 is 11.7. The molecule has 2 rings (SSSR count). The smallest absolute Gasteiger partial charge is 0.238 e. The highest BCUT2D eigenvalue weighted by atomic mass is 35.5. The van der Waals surface area contributed by atoms with E-state index in [1.807, 2.05) is 0 Å². The van der Waals surface area contributed by atoms with Crippen molar-refractivity contribution in [1.82, 2.24) is 0 Å². The predicted octanol–water partition coefficient (Wildman–Crippen LogP) is 2.83. The number of primary sulfonamides is 1. The molecule has 24 heavy (non-hydrogen) atoms. The van der Waals surface area contributed by atoms with Gasteiger partial charge in [0.1, 0.15) is 5.75 Å². The van der Waals surface area contributed by atoms with Gasteiger partial charge < -0.3 is 10.1 Å². The lowest BCUT2D eigenvalue weighted by Gasteiger charge is -2.12. The van der Waals surface area contributed by atoms with Gasteiger partial charge in [0.2, 0.25) is 15.9 Å². The summed E-state index contributed by atoms with van der Waals surface area (Å²) in [5, 5.41) is 8.43. The molecule has 3 N–H and O–H groups in total. The quantitative estimate of drug-likeness (QED) is 0.822. The van der Waals surface area contributed by atoms with Crippen LogP contribution in [0.25, 0.3) is 0 Å². The van der Waals surface area contributed by atoms with Gasteiger partial charge in [0, 0.05) is 0 Å². The topological polar surface area (TPSA) is 98.5 Å². The Morgan fingerprint density at radius 2 is 1.88 bits per heavy atom. The Hall–Kier alpha value is -1.80. The Balaban J connectivity index is 2.22. The second kappa shape index (κ2) is 7.40. The van der Waals surface area contributed by atoms with E-state index in [2.05, 4.69) is 5.32 Å². The predicted molar refractivity (Wildman–Crippen MR) is 93.2 cm³/mol. The van der Waals surface area contributed by atoms with Crippen molar-refractivity contribution in [1.29, 1.82) is 0 Å². The summed E-state index contributed by atoms with van der Waals surface area (Å²) in [4.78, 5) is 12.1. The maximum atomic E-state index is 12.2. The van der Waals surface area contributed by atoms with E-state index in [4.69, 9.17) is 33.1 Å². The molecular weight excluding hydrogens is 375 g/mol. The van der Waals surface area contributed by atoms with Crippen LogP contribution in [0.3, 0.4) is 0 Å². The minimum absolute atomic E-state index is 0.0274. The number of nitrogens with one attached hydrogen (secondary N) is 1. The molecule has 2 aromatic rings. The van der Waals surface area contributed by atoms with Gasteiger partial charge in [0.25, 0.3) is 0 Å². The Kier molecular flexibility index (Phi) is 5.71. The number of nitrogens with two attached hydrogens (primary N) is 1. The minimum atomic E-state index is -3.89. The number of amides is 1. The molecule has 0 aromatic heterocycles. The zero-order valence-electron chi connectivity index (χ0n) is 12.5. The summed E-state index contributed by atoms with van der Waals surface area (Å²) in [6.45, 7) is 0. The maximum absolute atomic E-state index is 12.2. The van der Waals surface area contributed by atoms with Crippen molar-refractivity contribution in [3.8, 4) is 5.75 Å². The van der Waals surface area contributed by atoms with Crippen LogP contribution in [0.15, 0.2) is 41.3 Å². The van der Waals surface area contributed by atoms with Crippen LogP contribution in [0, 0.1) is 0 Å². The van der Waals surface area contributed by atoms with Crippen molar-refractivity contribution in [2.45, 2.75) is 11.3 Å². The number of hydrogen-bond donors (Lipinski definition) is 2. The zero-order valence-corrected chi connectivity index (χ0v) is 14.9. The third-order valence-corrected chi connectivity index (χ3v) is 4.77. The molecule has 0 unspecified atom stereocenters. The number of ether oxygens (including phenoxy) is 1. The third kappa shape index (κ3) is 4.61. The molecule has 0 fully saturated rings. The number of methoxy groups -OCH3 is 1. The largest absolute Gasteiger partial charge is 0.495 e. The fraction of sp³-hybridized carbons (Fsp3) is 0.133. The van der Waals surface area contributed by atoms with Gasteiger partial charge in [0.05, 0.1) is 34.2 Å². The molecule has 6 nitrogen and oxygen atoms in total. The Morgan fingerprint density at radius 3 is 2.46 bits per heavy atom. The number of anilines is 1. The molecule has 0 aliphatic carbocycles. The number of sulfonamides is 1. The van der Waals surface area contributed by atoms with Gasteiger partial charge in [-0.05, 0) is 35.9 Å². The number of carbonyl (C=O) groups excluding carboxylic acids is 1. The van der Waals surface area contributed by atoms with Crippen molar-refractivity contribution >= 4 is 44.8 Å². The fourth-order valence-corrected chi connectivity index (χ4v) is 2.85. The SMILES string of the molecule is COc1ccc(S(N)(=O)=O)cc1NC(=O)Cc1ccc(Cl)c(Cl)c1. The van der Waals surface area contributed by atoms with Gasteiger partial charge >= 0.3 is 0 Å². The average Bonchev–Trinajstić information content (AvgIpc) is 2.50. The molecule has 2 aromatic carbocycles. The first kappa shape index (κ1) is 18.5. The van der Waals surface area contributed by atoms with Crippen LogP contribution >= 0.6 is 23.2 Å². The molecule has 0 aliphatic rings. The lowest BCUT2D eigenvalue weighted by molar-refractivity contribution is -0.115. The van der Waals surface area contributed by atoms with E-state index in [9.17, 15) is 13.2 Å². The Bertz CT molecular complexity index is 885. The number of benzene rings is 2. The summed E-state index contributed by atoms with van der Waals surface area (Å²) < 4.78 is 28.0. The first-order valence-electron chi connectivity index (χ1n) is 6.65. The van der Waals surface area contributed by atoms with E-state index in [0.717, 1.165) is 0 Å². The van der Waals surface area contributed by atoms with Crippen LogP contribution in [0.5, 0.6) is 5.75 Å². The molecule has 0 bridgehead atoms. The highest BCUT2D eigenvalue weighted by Crippen LogP contribution is 2.27. The summed E-state index contributed by atoms with van der Waals surface area (Å²) in [5.74, 6) is -0.0665. The molecule has 0 atom stereocenters. The number of halogens is 2. The molecule has 0 heterocycles. The van der Waals surface area contributed by atoms with Crippen LogP contribution in [0.1, 0.15) is 5.56 Å². The maximum Gasteiger partial charge on any atom is 0.238 e. The van der Waals surface area contributed by atoms with Gasteiger partial charge in [-0.2, -0.15) is 0 Å². The van der Waals surface area contributed by atoms with Crippen LogP contribution in [-0.2, 0) is 21.2 Å².